The maximum absolute atomic E-state index is 12.9. The molecule has 1 aliphatic rings. The van der Waals surface area contributed by atoms with Crippen LogP contribution in [0, 0.1) is 0 Å². The Balaban J connectivity index is 1.15. The van der Waals surface area contributed by atoms with E-state index in [9.17, 15) is 4.79 Å². The summed E-state index contributed by atoms with van der Waals surface area (Å²) >= 11 is 1.73. The van der Waals surface area contributed by atoms with Gasteiger partial charge in [0.1, 0.15) is 22.7 Å². The molecule has 1 aliphatic heterocycles. The van der Waals surface area contributed by atoms with E-state index in [1.807, 2.05) is 23.1 Å². The number of anilines is 1. The Morgan fingerprint density at radius 1 is 1.30 bits per heavy atom. The molecule has 1 fully saturated rings. The third-order valence-corrected chi connectivity index (χ3v) is 7.25. The highest BCUT2D eigenvalue weighted by atomic mass is 32.1. The molecule has 4 aromatic rings. The first-order valence-corrected chi connectivity index (χ1v) is 12.2. The van der Waals surface area contributed by atoms with Crippen LogP contribution in [0.1, 0.15) is 31.6 Å². The molecule has 0 spiro atoms. The number of nitrogens with zero attached hydrogens (tertiary/aromatic N) is 6. The first-order chi connectivity index (χ1) is 16.1. The highest BCUT2D eigenvalue weighted by Crippen LogP contribution is 2.31. The fourth-order valence-corrected chi connectivity index (χ4v) is 5.28. The van der Waals surface area contributed by atoms with Crippen LogP contribution in [-0.4, -0.2) is 68.5 Å². The normalized spacial score (nSPS) is 16.6. The Kier molecular flexibility index (Phi) is 6.08. The average Bonchev–Trinajstić information content (AvgIpc) is 3.48. The Bertz CT molecular complexity index is 1270. The van der Waals surface area contributed by atoms with Gasteiger partial charge in [-0.1, -0.05) is 18.2 Å². The van der Waals surface area contributed by atoms with Gasteiger partial charge in [-0.2, -0.15) is 0 Å². The van der Waals surface area contributed by atoms with Crippen molar-refractivity contribution in [2.75, 3.05) is 31.1 Å². The average molecular weight is 466 g/mol. The number of H-pyrrole nitrogens is 1. The monoisotopic (exact) mass is 465 g/mol. The van der Waals surface area contributed by atoms with Crippen molar-refractivity contribution in [1.82, 2.24) is 30.3 Å². The van der Waals surface area contributed by atoms with Crippen LogP contribution in [0.25, 0.3) is 21.3 Å². The van der Waals surface area contributed by atoms with Crippen LogP contribution in [-0.2, 0) is 11.2 Å². The van der Waals surface area contributed by atoms with Gasteiger partial charge in [0.25, 0.3) is 0 Å². The molecule has 1 saturated heterocycles. The molecule has 0 radical (unpaired) electrons. The molecule has 9 nitrogen and oxygen atoms in total. The smallest absolute Gasteiger partial charge is 0.223 e. The number of carbonyl (C=O) groups excluding carboxylic acids is 1. The van der Waals surface area contributed by atoms with E-state index in [0.29, 0.717) is 37.3 Å². The molecule has 0 saturated carbocycles. The predicted octanol–water partition coefficient (Wildman–Crippen LogP) is 3.42. The summed E-state index contributed by atoms with van der Waals surface area (Å²) in [5.41, 5.74) is 1.55. The van der Waals surface area contributed by atoms with Gasteiger partial charge in [0.15, 0.2) is 5.52 Å². The highest BCUT2D eigenvalue weighted by molar-refractivity contribution is 7.18. The van der Waals surface area contributed by atoms with Crippen molar-refractivity contribution >= 4 is 44.3 Å². The molecule has 1 unspecified atom stereocenters. The van der Waals surface area contributed by atoms with Crippen molar-refractivity contribution in [3.05, 3.63) is 35.5 Å². The highest BCUT2D eigenvalue weighted by Gasteiger charge is 2.28. The van der Waals surface area contributed by atoms with E-state index in [4.69, 9.17) is 4.74 Å². The van der Waals surface area contributed by atoms with Crippen LogP contribution in [0.3, 0.4) is 0 Å². The summed E-state index contributed by atoms with van der Waals surface area (Å²) in [5.74, 6) is 1.83. The van der Waals surface area contributed by atoms with Gasteiger partial charge in [-0.25, -0.2) is 9.97 Å². The van der Waals surface area contributed by atoms with Crippen LogP contribution in [0.2, 0.25) is 0 Å². The number of amides is 1. The molecular weight excluding hydrogens is 438 g/mol. The largest absolute Gasteiger partial charge is 0.491 e. The van der Waals surface area contributed by atoms with E-state index in [1.165, 1.54) is 4.88 Å². The van der Waals surface area contributed by atoms with Crippen molar-refractivity contribution in [2.24, 2.45) is 0 Å². The van der Waals surface area contributed by atoms with E-state index >= 15 is 0 Å². The molecular formula is C23H27N7O2S. The van der Waals surface area contributed by atoms with Gasteiger partial charge in [-0.3, -0.25) is 9.89 Å². The predicted molar refractivity (Wildman–Crippen MR) is 129 cm³/mol. The number of fused-ring (bicyclic) bond motifs is 2. The van der Waals surface area contributed by atoms with E-state index in [2.05, 4.69) is 50.2 Å². The zero-order chi connectivity index (χ0) is 22.8. The van der Waals surface area contributed by atoms with Crippen molar-refractivity contribution < 1.29 is 9.53 Å². The molecule has 33 heavy (non-hydrogen) atoms. The van der Waals surface area contributed by atoms with Crippen LogP contribution < -0.4 is 9.64 Å². The topological polar surface area (TPSA) is 100 Å². The molecule has 5 rings (SSSR count). The summed E-state index contributed by atoms with van der Waals surface area (Å²) in [6.45, 7) is 6.95. The maximum Gasteiger partial charge on any atom is 0.223 e. The lowest BCUT2D eigenvalue weighted by atomic mass is 10.1. The van der Waals surface area contributed by atoms with Crippen molar-refractivity contribution in [2.45, 2.75) is 39.2 Å². The molecule has 1 atom stereocenters. The lowest BCUT2D eigenvalue weighted by molar-refractivity contribution is -0.133. The summed E-state index contributed by atoms with van der Waals surface area (Å²) < 4.78 is 5.85. The second-order valence-corrected chi connectivity index (χ2v) is 9.40. The third-order valence-electron chi connectivity index (χ3n) is 6.07. The molecule has 1 aromatic carbocycles. The minimum absolute atomic E-state index is 0.116. The standard InChI is InChI=1S/C23H27N7O2S/c1-3-16-12-17-22(24-14-25-23(17)33-16)29-9-10-30(15(2)13-29)20(31)8-5-11-32-19-7-4-6-18-21(19)27-28-26-18/h4,6-7,12,14-15H,3,5,8-11,13H2,1-2H3,(H,26,27,28). The molecule has 0 bridgehead atoms. The molecule has 1 amide bonds. The number of thiophene rings is 1. The molecule has 1 N–H and O–H groups in total. The number of ether oxygens (including phenoxy) is 1. The van der Waals surface area contributed by atoms with Crippen LogP contribution in [0.15, 0.2) is 30.6 Å². The lowest BCUT2D eigenvalue weighted by Crippen LogP contribution is -2.54. The molecule has 172 valence electrons. The molecule has 10 heteroatoms. The number of aryl methyl sites for hydroxylation is 1. The van der Waals surface area contributed by atoms with Gasteiger partial charge in [0.05, 0.1) is 17.5 Å². The molecule has 0 aliphatic carbocycles. The number of aromatic amines is 1. The Morgan fingerprint density at radius 2 is 2.21 bits per heavy atom. The van der Waals surface area contributed by atoms with Crippen LogP contribution in [0.5, 0.6) is 5.75 Å². The van der Waals surface area contributed by atoms with Crippen LogP contribution in [0.4, 0.5) is 5.82 Å². The van der Waals surface area contributed by atoms with Gasteiger partial charge in [0.2, 0.25) is 5.91 Å². The zero-order valence-corrected chi connectivity index (χ0v) is 19.6. The van der Waals surface area contributed by atoms with Gasteiger partial charge < -0.3 is 14.5 Å². The minimum Gasteiger partial charge on any atom is -0.491 e. The molecule has 3 aromatic heterocycles. The van der Waals surface area contributed by atoms with E-state index in [-0.39, 0.29) is 11.9 Å². The number of hydrogen-bond donors (Lipinski definition) is 1. The van der Waals surface area contributed by atoms with Crippen molar-refractivity contribution in [3.63, 3.8) is 0 Å². The third kappa shape index (κ3) is 4.35. The number of hydrogen-bond acceptors (Lipinski definition) is 8. The Morgan fingerprint density at radius 3 is 3.06 bits per heavy atom. The summed E-state index contributed by atoms with van der Waals surface area (Å²) in [6.07, 6.45) is 3.76. The summed E-state index contributed by atoms with van der Waals surface area (Å²) in [7, 11) is 0. The fraction of sp³-hybridized carbons (Fsp3) is 0.435. The fourth-order valence-electron chi connectivity index (χ4n) is 4.35. The number of piperazine rings is 1. The second-order valence-electron chi connectivity index (χ2n) is 8.28. The van der Waals surface area contributed by atoms with Gasteiger partial charge in [-0.05, 0) is 38.0 Å². The zero-order valence-electron chi connectivity index (χ0n) is 18.8. The number of aromatic nitrogens is 5. The Labute approximate surface area is 195 Å². The SMILES string of the molecule is CCc1cc2c(N3CCN(C(=O)CCCOc4cccc5[nH]nnc45)C(C)C3)ncnc2s1. The van der Waals surface area contributed by atoms with Gasteiger partial charge in [0, 0.05) is 37.0 Å². The summed E-state index contributed by atoms with van der Waals surface area (Å²) in [6, 6.07) is 7.99. The van der Waals surface area contributed by atoms with E-state index in [1.54, 1.807) is 17.7 Å². The van der Waals surface area contributed by atoms with E-state index < -0.39 is 0 Å². The number of nitrogens with one attached hydrogen (secondary N) is 1. The first kappa shape index (κ1) is 21.6. The van der Waals surface area contributed by atoms with Crippen molar-refractivity contribution in [1.29, 1.82) is 0 Å². The number of rotatable bonds is 7. The van der Waals surface area contributed by atoms with Crippen LogP contribution >= 0.6 is 11.3 Å². The second kappa shape index (κ2) is 9.30. The summed E-state index contributed by atoms with van der Waals surface area (Å²) in [4.78, 5) is 28.5. The number of carbonyl (C=O) groups is 1. The lowest BCUT2D eigenvalue weighted by Gasteiger charge is -2.40. The van der Waals surface area contributed by atoms with Crippen molar-refractivity contribution in [3.8, 4) is 5.75 Å². The maximum atomic E-state index is 12.9. The minimum atomic E-state index is 0.116. The quantitative estimate of drug-likeness (QED) is 0.417. The Hall–Kier alpha value is -3.27. The van der Waals surface area contributed by atoms with Gasteiger partial charge >= 0.3 is 0 Å². The van der Waals surface area contributed by atoms with E-state index in [0.717, 1.165) is 41.1 Å². The summed E-state index contributed by atoms with van der Waals surface area (Å²) in [5, 5.41) is 11.8. The molecule has 4 heterocycles. The van der Waals surface area contributed by atoms with Gasteiger partial charge in [-0.15, -0.1) is 16.4 Å². The number of benzene rings is 1. The first-order valence-electron chi connectivity index (χ1n) is 11.3.